The van der Waals surface area contributed by atoms with Crippen molar-refractivity contribution in [3.63, 3.8) is 0 Å². The van der Waals surface area contributed by atoms with E-state index in [1.54, 1.807) is 19.2 Å². The fourth-order valence-electron chi connectivity index (χ4n) is 2.03. The molecule has 0 aromatic rings. The van der Waals surface area contributed by atoms with Gasteiger partial charge in [0.15, 0.2) is 0 Å². The van der Waals surface area contributed by atoms with Crippen molar-refractivity contribution in [3.05, 3.63) is 22.8 Å². The standard InChI is InChI=1S/C12H18P/c1-3-7-11(8-4-1)13-12-9-5-2-6-10-12/h7,9H,1-6,8,10H2. The van der Waals surface area contributed by atoms with Crippen LogP contribution in [0.4, 0.5) is 0 Å². The lowest BCUT2D eigenvalue weighted by Gasteiger charge is -2.16. The van der Waals surface area contributed by atoms with Gasteiger partial charge in [-0.3, -0.25) is 0 Å². The Balaban J connectivity index is 1.88. The van der Waals surface area contributed by atoms with E-state index in [-0.39, 0.29) is 0 Å². The molecule has 0 unspecified atom stereocenters. The lowest BCUT2D eigenvalue weighted by Crippen LogP contribution is -1.90. The van der Waals surface area contributed by atoms with Gasteiger partial charge in [-0.25, -0.2) is 0 Å². The lowest BCUT2D eigenvalue weighted by atomic mass is 10.1. The van der Waals surface area contributed by atoms with Gasteiger partial charge in [-0.15, -0.1) is 0 Å². The minimum Gasteiger partial charge on any atom is -0.0802 e. The lowest BCUT2D eigenvalue weighted by molar-refractivity contribution is 0.715. The molecule has 0 aromatic heterocycles. The number of hydrogen-bond donors (Lipinski definition) is 0. The molecule has 0 nitrogen and oxygen atoms in total. The van der Waals surface area contributed by atoms with Crippen LogP contribution in [-0.4, -0.2) is 0 Å². The third kappa shape index (κ3) is 2.95. The van der Waals surface area contributed by atoms with Gasteiger partial charge in [-0.2, -0.15) is 0 Å². The summed E-state index contributed by atoms with van der Waals surface area (Å²) in [6, 6.07) is 0. The van der Waals surface area contributed by atoms with Gasteiger partial charge in [0.05, 0.1) is 0 Å². The van der Waals surface area contributed by atoms with Crippen LogP contribution in [0.1, 0.15) is 51.4 Å². The van der Waals surface area contributed by atoms with Gasteiger partial charge in [0.1, 0.15) is 0 Å². The van der Waals surface area contributed by atoms with Crippen molar-refractivity contribution in [2.75, 3.05) is 0 Å². The van der Waals surface area contributed by atoms with E-state index in [1.807, 2.05) is 0 Å². The van der Waals surface area contributed by atoms with Crippen LogP contribution in [0.5, 0.6) is 0 Å². The van der Waals surface area contributed by atoms with E-state index in [1.165, 1.54) is 51.4 Å². The fraction of sp³-hybridized carbons (Fsp3) is 0.667. The Morgan fingerprint density at radius 2 is 1.31 bits per heavy atom. The zero-order valence-corrected chi connectivity index (χ0v) is 9.15. The summed E-state index contributed by atoms with van der Waals surface area (Å²) in [7, 11) is 1.56. The normalized spacial score (nSPS) is 23.7. The van der Waals surface area contributed by atoms with E-state index in [2.05, 4.69) is 12.2 Å². The SMILES string of the molecule is C1=C([P]C2=CCCCC2)CCCC1. The van der Waals surface area contributed by atoms with E-state index in [4.69, 9.17) is 0 Å². The van der Waals surface area contributed by atoms with Crippen molar-refractivity contribution in [1.29, 1.82) is 0 Å². The van der Waals surface area contributed by atoms with Crippen LogP contribution in [0, 0.1) is 0 Å². The molecule has 1 heteroatoms. The first-order valence-electron chi connectivity index (χ1n) is 5.55. The Kier molecular flexibility index (Phi) is 3.61. The molecule has 0 heterocycles. The Labute approximate surface area is 83.3 Å². The summed E-state index contributed by atoms with van der Waals surface area (Å²) in [5.74, 6) is 0. The van der Waals surface area contributed by atoms with E-state index < -0.39 is 0 Å². The van der Waals surface area contributed by atoms with Crippen LogP contribution in [0.2, 0.25) is 0 Å². The number of hydrogen-bond acceptors (Lipinski definition) is 0. The molecule has 13 heavy (non-hydrogen) atoms. The monoisotopic (exact) mass is 193 g/mol. The minimum atomic E-state index is 1.33. The van der Waals surface area contributed by atoms with E-state index in [9.17, 15) is 0 Å². The summed E-state index contributed by atoms with van der Waals surface area (Å²) in [4.78, 5) is 0. The highest BCUT2D eigenvalue weighted by molar-refractivity contribution is 7.47. The van der Waals surface area contributed by atoms with E-state index in [0.717, 1.165) is 0 Å². The van der Waals surface area contributed by atoms with Crippen molar-refractivity contribution in [1.82, 2.24) is 0 Å². The molecule has 0 saturated heterocycles. The Hall–Kier alpha value is -0.0900. The summed E-state index contributed by atoms with van der Waals surface area (Å²) in [6.07, 6.45) is 16.0. The van der Waals surface area contributed by atoms with Crippen LogP contribution in [0.25, 0.3) is 0 Å². The maximum atomic E-state index is 2.47. The minimum absolute atomic E-state index is 1.33. The van der Waals surface area contributed by atoms with Crippen LogP contribution < -0.4 is 0 Å². The molecule has 2 aliphatic carbocycles. The second-order valence-electron chi connectivity index (χ2n) is 3.99. The van der Waals surface area contributed by atoms with Gasteiger partial charge in [0.2, 0.25) is 0 Å². The highest BCUT2D eigenvalue weighted by Gasteiger charge is 2.09. The molecule has 1 radical (unpaired) electrons. The molecule has 2 aliphatic rings. The smallest absolute Gasteiger partial charge is 0.0196 e. The molecule has 0 N–H and O–H groups in total. The molecular weight excluding hydrogens is 175 g/mol. The first-order chi connectivity index (χ1) is 6.45. The van der Waals surface area contributed by atoms with Crippen molar-refractivity contribution in [2.45, 2.75) is 51.4 Å². The van der Waals surface area contributed by atoms with Gasteiger partial charge < -0.3 is 0 Å². The maximum absolute atomic E-state index is 2.47. The van der Waals surface area contributed by atoms with Crippen molar-refractivity contribution >= 4 is 8.58 Å². The average molecular weight is 193 g/mol. The number of allylic oxidation sites excluding steroid dienone is 4. The molecular formula is C12H18P. The molecule has 0 spiro atoms. The van der Waals surface area contributed by atoms with Gasteiger partial charge in [0, 0.05) is 0 Å². The van der Waals surface area contributed by atoms with Crippen molar-refractivity contribution < 1.29 is 0 Å². The highest BCUT2D eigenvalue weighted by atomic mass is 31.1. The van der Waals surface area contributed by atoms with Crippen LogP contribution >= 0.6 is 8.58 Å². The predicted octanol–water partition coefficient (Wildman–Crippen LogP) is 4.85. The third-order valence-electron chi connectivity index (χ3n) is 2.82. The third-order valence-corrected chi connectivity index (χ3v) is 4.21. The first-order valence-corrected chi connectivity index (χ1v) is 6.44. The largest absolute Gasteiger partial charge is 0.0802 e. The molecule has 0 bridgehead atoms. The molecule has 0 aliphatic heterocycles. The zero-order valence-electron chi connectivity index (χ0n) is 8.26. The topological polar surface area (TPSA) is 0 Å². The molecule has 2 rings (SSSR count). The van der Waals surface area contributed by atoms with Gasteiger partial charge in [-0.05, 0) is 70.6 Å². The second kappa shape index (κ2) is 4.96. The average Bonchev–Trinajstić information content (AvgIpc) is 2.21. The Bertz CT molecular complexity index is 201. The van der Waals surface area contributed by atoms with Gasteiger partial charge >= 0.3 is 0 Å². The second-order valence-corrected chi connectivity index (χ2v) is 5.37. The molecule has 0 amide bonds. The summed E-state index contributed by atoms with van der Waals surface area (Å²) in [5.41, 5.74) is 0. The van der Waals surface area contributed by atoms with Crippen LogP contribution in [0.15, 0.2) is 22.8 Å². The van der Waals surface area contributed by atoms with Crippen molar-refractivity contribution in [2.24, 2.45) is 0 Å². The van der Waals surface area contributed by atoms with Crippen LogP contribution in [0.3, 0.4) is 0 Å². The molecule has 71 valence electrons. The molecule has 0 saturated carbocycles. The Morgan fingerprint density at radius 3 is 1.69 bits per heavy atom. The van der Waals surface area contributed by atoms with Crippen LogP contribution in [-0.2, 0) is 0 Å². The summed E-state index contributed by atoms with van der Waals surface area (Å²) in [5, 5.41) is 3.39. The highest BCUT2D eigenvalue weighted by Crippen LogP contribution is 2.42. The maximum Gasteiger partial charge on any atom is -0.0196 e. The Morgan fingerprint density at radius 1 is 0.769 bits per heavy atom. The molecule has 0 atom stereocenters. The summed E-state index contributed by atoms with van der Waals surface area (Å²) in [6.45, 7) is 0. The molecule has 0 fully saturated rings. The van der Waals surface area contributed by atoms with Crippen molar-refractivity contribution in [3.8, 4) is 0 Å². The zero-order chi connectivity index (χ0) is 8.93. The molecule has 0 aromatic carbocycles. The fourth-order valence-corrected chi connectivity index (χ4v) is 3.38. The number of rotatable bonds is 2. The quantitative estimate of drug-likeness (QED) is 0.550. The van der Waals surface area contributed by atoms with E-state index >= 15 is 0 Å². The summed E-state index contributed by atoms with van der Waals surface area (Å²) >= 11 is 0. The van der Waals surface area contributed by atoms with E-state index in [0.29, 0.717) is 0 Å². The first kappa shape index (κ1) is 9.46. The van der Waals surface area contributed by atoms with Gasteiger partial charge in [0.25, 0.3) is 0 Å². The predicted molar refractivity (Wildman–Crippen MR) is 60.0 cm³/mol. The van der Waals surface area contributed by atoms with Gasteiger partial charge in [-0.1, -0.05) is 12.2 Å². The summed E-state index contributed by atoms with van der Waals surface area (Å²) < 4.78 is 0.